The van der Waals surface area contributed by atoms with Gasteiger partial charge in [0.2, 0.25) is 5.91 Å². The molecule has 31 heavy (non-hydrogen) atoms. The molecule has 0 radical (unpaired) electrons. The Kier molecular flexibility index (Phi) is 6.41. The van der Waals surface area contributed by atoms with Gasteiger partial charge in [-0.3, -0.25) is 14.3 Å². The highest BCUT2D eigenvalue weighted by molar-refractivity contribution is 5.94. The van der Waals surface area contributed by atoms with Crippen molar-refractivity contribution in [2.75, 3.05) is 33.7 Å². The number of likely N-dealkylation sites (tertiary alicyclic amines) is 1. The Hall–Kier alpha value is -2.68. The van der Waals surface area contributed by atoms with Gasteiger partial charge in [-0.1, -0.05) is 5.16 Å². The third-order valence-corrected chi connectivity index (χ3v) is 6.57. The first-order valence-electron chi connectivity index (χ1n) is 11.1. The van der Waals surface area contributed by atoms with E-state index in [1.807, 2.05) is 24.1 Å². The summed E-state index contributed by atoms with van der Waals surface area (Å²) in [4.78, 5) is 28.8. The van der Waals surface area contributed by atoms with Gasteiger partial charge in [-0.15, -0.1) is 0 Å². The van der Waals surface area contributed by atoms with Crippen molar-refractivity contribution in [2.45, 2.75) is 45.2 Å². The molecule has 168 valence electrons. The third kappa shape index (κ3) is 4.81. The van der Waals surface area contributed by atoms with Gasteiger partial charge in [0, 0.05) is 57.6 Å². The number of carbonyl (C=O) groups excluding carboxylic acids is 2. The standard InChI is InChI=1S/C22H32N6O3/c1-15-18(14-28-9-5-8-24-28)21(25-31-15)22(30)27-12-16-10-17(13-27)19(23-11-16)6-4-7-20(29)26(2)3/h5,8-9,16-17,19,23H,4,6-7,10-14H2,1-3H3/t16?,17?,19-/m1/s1. The summed E-state index contributed by atoms with van der Waals surface area (Å²) in [6.07, 6.45) is 7.09. The van der Waals surface area contributed by atoms with E-state index in [0.29, 0.717) is 48.8 Å². The van der Waals surface area contributed by atoms with E-state index in [1.54, 1.807) is 29.9 Å². The number of hydrogen-bond acceptors (Lipinski definition) is 6. The molecule has 3 atom stereocenters. The lowest BCUT2D eigenvalue weighted by molar-refractivity contribution is -0.128. The van der Waals surface area contributed by atoms with Crippen molar-refractivity contribution in [3.63, 3.8) is 0 Å². The van der Waals surface area contributed by atoms with Crippen molar-refractivity contribution >= 4 is 11.8 Å². The summed E-state index contributed by atoms with van der Waals surface area (Å²) in [7, 11) is 3.59. The molecule has 9 heteroatoms. The molecule has 2 saturated heterocycles. The SMILES string of the molecule is Cc1onc(C(=O)N2CC3CN[C@H](CCCC(=O)N(C)C)C(C3)C2)c1Cn1cccn1. The van der Waals surface area contributed by atoms with E-state index in [0.717, 1.165) is 37.9 Å². The van der Waals surface area contributed by atoms with E-state index in [9.17, 15) is 9.59 Å². The molecule has 2 aromatic heterocycles. The summed E-state index contributed by atoms with van der Waals surface area (Å²) in [5.41, 5.74) is 1.19. The molecule has 0 saturated carbocycles. The molecule has 1 N–H and O–H groups in total. The molecule has 2 aliphatic rings. The Bertz CT molecular complexity index is 906. The monoisotopic (exact) mass is 428 g/mol. The van der Waals surface area contributed by atoms with Gasteiger partial charge in [-0.2, -0.15) is 5.10 Å². The number of nitrogens with zero attached hydrogens (tertiary/aromatic N) is 5. The average molecular weight is 429 g/mol. The molecule has 2 unspecified atom stereocenters. The molecule has 2 amide bonds. The van der Waals surface area contributed by atoms with Crippen LogP contribution in [-0.2, 0) is 11.3 Å². The van der Waals surface area contributed by atoms with Crippen LogP contribution in [0.5, 0.6) is 0 Å². The van der Waals surface area contributed by atoms with Gasteiger partial charge in [-0.05, 0) is 50.6 Å². The first-order chi connectivity index (χ1) is 14.9. The quantitative estimate of drug-likeness (QED) is 0.719. The molecule has 4 rings (SSSR count). The van der Waals surface area contributed by atoms with Crippen LogP contribution in [-0.4, -0.2) is 76.3 Å². The maximum atomic E-state index is 13.4. The summed E-state index contributed by atoms with van der Waals surface area (Å²) in [5.74, 6) is 1.61. The van der Waals surface area contributed by atoms with Crippen LogP contribution in [0.3, 0.4) is 0 Å². The molecule has 4 heterocycles. The van der Waals surface area contributed by atoms with Crippen LogP contribution in [0.4, 0.5) is 0 Å². The maximum absolute atomic E-state index is 13.4. The Morgan fingerprint density at radius 2 is 2.16 bits per heavy atom. The molecule has 9 nitrogen and oxygen atoms in total. The van der Waals surface area contributed by atoms with E-state index in [-0.39, 0.29) is 11.8 Å². The second-order valence-corrected chi connectivity index (χ2v) is 9.04. The number of aryl methyl sites for hydroxylation is 1. The lowest BCUT2D eigenvalue weighted by Crippen LogP contribution is -2.57. The van der Waals surface area contributed by atoms with Gasteiger partial charge in [0.15, 0.2) is 5.69 Å². The van der Waals surface area contributed by atoms with Gasteiger partial charge < -0.3 is 19.6 Å². The van der Waals surface area contributed by atoms with Crippen LogP contribution in [0.25, 0.3) is 0 Å². The predicted molar refractivity (Wildman–Crippen MR) is 114 cm³/mol. The van der Waals surface area contributed by atoms with Crippen LogP contribution in [0.1, 0.15) is 47.5 Å². The van der Waals surface area contributed by atoms with Crippen LogP contribution < -0.4 is 5.32 Å². The zero-order chi connectivity index (χ0) is 22.0. The van der Waals surface area contributed by atoms with E-state index < -0.39 is 0 Å². The van der Waals surface area contributed by atoms with Crippen LogP contribution in [0.15, 0.2) is 23.0 Å². The normalized spacial score (nSPS) is 23.1. The van der Waals surface area contributed by atoms with Gasteiger partial charge >= 0.3 is 0 Å². The minimum Gasteiger partial charge on any atom is -0.361 e. The molecule has 2 fully saturated rings. The Labute approximate surface area is 182 Å². The van der Waals surface area contributed by atoms with Gasteiger partial charge in [0.1, 0.15) is 5.76 Å². The molecule has 0 aliphatic carbocycles. The lowest BCUT2D eigenvalue weighted by atomic mass is 9.79. The van der Waals surface area contributed by atoms with Crippen LogP contribution >= 0.6 is 0 Å². The van der Waals surface area contributed by atoms with Gasteiger partial charge in [-0.25, -0.2) is 0 Å². The van der Waals surface area contributed by atoms with Crippen LogP contribution in [0.2, 0.25) is 0 Å². The first-order valence-corrected chi connectivity index (χ1v) is 11.1. The summed E-state index contributed by atoms with van der Waals surface area (Å²) < 4.78 is 7.15. The maximum Gasteiger partial charge on any atom is 0.276 e. The summed E-state index contributed by atoms with van der Waals surface area (Å²) >= 11 is 0. The van der Waals surface area contributed by atoms with Gasteiger partial charge in [0.05, 0.1) is 6.54 Å². The highest BCUT2D eigenvalue weighted by Gasteiger charge is 2.39. The number of hydrogen-bond donors (Lipinski definition) is 1. The van der Waals surface area contributed by atoms with E-state index >= 15 is 0 Å². The summed E-state index contributed by atoms with van der Waals surface area (Å²) in [6, 6.07) is 2.19. The van der Waals surface area contributed by atoms with E-state index in [1.165, 1.54) is 0 Å². The van der Waals surface area contributed by atoms with Crippen molar-refractivity contribution in [1.82, 2.24) is 30.1 Å². The van der Waals surface area contributed by atoms with Crippen molar-refractivity contribution in [1.29, 1.82) is 0 Å². The molecule has 2 aliphatic heterocycles. The Balaban J connectivity index is 1.41. The third-order valence-electron chi connectivity index (χ3n) is 6.57. The fourth-order valence-corrected chi connectivity index (χ4v) is 4.82. The minimum absolute atomic E-state index is 0.0582. The van der Waals surface area contributed by atoms with Crippen molar-refractivity contribution in [3.8, 4) is 0 Å². The zero-order valence-corrected chi connectivity index (χ0v) is 18.6. The lowest BCUT2D eigenvalue weighted by Gasteiger charge is -2.46. The number of piperidine rings is 2. The number of aromatic nitrogens is 3. The summed E-state index contributed by atoms with van der Waals surface area (Å²) in [6.45, 7) is 4.66. The molecular weight excluding hydrogens is 396 g/mol. The number of fused-ring (bicyclic) bond motifs is 2. The van der Waals surface area contributed by atoms with Crippen molar-refractivity contribution in [3.05, 3.63) is 35.5 Å². The molecule has 2 bridgehead atoms. The molecule has 0 aromatic carbocycles. The number of amides is 2. The first kappa shape index (κ1) is 21.5. The topological polar surface area (TPSA) is 96.5 Å². The smallest absolute Gasteiger partial charge is 0.276 e. The largest absolute Gasteiger partial charge is 0.361 e. The minimum atomic E-state index is -0.0582. The Morgan fingerprint density at radius 3 is 2.90 bits per heavy atom. The Morgan fingerprint density at radius 1 is 1.32 bits per heavy atom. The molecule has 0 spiro atoms. The van der Waals surface area contributed by atoms with Crippen LogP contribution in [0, 0.1) is 18.8 Å². The highest BCUT2D eigenvalue weighted by Crippen LogP contribution is 2.31. The highest BCUT2D eigenvalue weighted by atomic mass is 16.5. The number of carbonyl (C=O) groups is 2. The summed E-state index contributed by atoms with van der Waals surface area (Å²) in [5, 5.41) is 12.0. The number of rotatable bonds is 7. The fraction of sp³-hybridized carbons (Fsp3) is 0.636. The van der Waals surface area contributed by atoms with Gasteiger partial charge in [0.25, 0.3) is 5.91 Å². The predicted octanol–water partition coefficient (Wildman–Crippen LogP) is 1.54. The zero-order valence-electron chi connectivity index (χ0n) is 18.6. The van der Waals surface area contributed by atoms with E-state index in [4.69, 9.17) is 4.52 Å². The molecular formula is C22H32N6O3. The fourth-order valence-electron chi connectivity index (χ4n) is 4.82. The molecule has 2 aromatic rings. The number of nitrogens with one attached hydrogen (secondary N) is 1. The van der Waals surface area contributed by atoms with Crippen molar-refractivity contribution in [2.24, 2.45) is 11.8 Å². The second-order valence-electron chi connectivity index (χ2n) is 9.04. The average Bonchev–Trinajstić information content (AvgIpc) is 3.39. The second kappa shape index (κ2) is 9.21. The van der Waals surface area contributed by atoms with E-state index in [2.05, 4.69) is 15.6 Å². The van der Waals surface area contributed by atoms with Crippen molar-refractivity contribution < 1.29 is 14.1 Å².